The summed E-state index contributed by atoms with van der Waals surface area (Å²) in [4.78, 5) is 13.3. The average molecular weight is 282 g/mol. The van der Waals surface area contributed by atoms with Crippen molar-refractivity contribution in [3.05, 3.63) is 53.3 Å². The van der Waals surface area contributed by atoms with Crippen LogP contribution in [0.25, 0.3) is 22.0 Å². The lowest BCUT2D eigenvalue weighted by molar-refractivity contribution is 1.07. The molecule has 20 heavy (non-hydrogen) atoms. The molecule has 0 atom stereocenters. The summed E-state index contributed by atoms with van der Waals surface area (Å²) < 4.78 is 0. The molecule has 0 radical (unpaired) electrons. The molecule has 0 aliphatic heterocycles. The summed E-state index contributed by atoms with van der Waals surface area (Å²) in [6.45, 7) is 2.48. The first-order valence-corrected chi connectivity index (χ1v) is 7.19. The van der Waals surface area contributed by atoms with Crippen LogP contribution in [0, 0.1) is 6.92 Å². The van der Waals surface area contributed by atoms with Crippen molar-refractivity contribution in [1.82, 2.24) is 15.0 Å². The van der Waals surface area contributed by atoms with E-state index in [-0.39, 0.29) is 0 Å². The van der Waals surface area contributed by atoms with Gasteiger partial charge in [-0.05, 0) is 18.6 Å². The molecule has 0 fully saturated rings. The fourth-order valence-electron chi connectivity index (χ4n) is 2.01. The van der Waals surface area contributed by atoms with Crippen LogP contribution in [-0.4, -0.2) is 15.0 Å². The average Bonchev–Trinajstić information content (AvgIpc) is 2.97. The normalized spacial score (nSPS) is 10.7. The molecule has 4 nitrogen and oxygen atoms in total. The molecule has 0 aliphatic carbocycles. The van der Waals surface area contributed by atoms with Crippen LogP contribution < -0.4 is 5.73 Å². The standard InChI is InChI=1S/C15H14N4S/c1-10-14(18-6-5-17-10)13-9-20-15(19-13)12-4-2-3-11(7-12)8-16/h2-7,9H,8,16H2,1H3. The zero-order valence-corrected chi connectivity index (χ0v) is 11.9. The quantitative estimate of drug-likeness (QED) is 0.802. The molecule has 3 rings (SSSR count). The monoisotopic (exact) mass is 282 g/mol. The number of rotatable bonds is 3. The van der Waals surface area contributed by atoms with E-state index in [0.717, 1.165) is 33.2 Å². The van der Waals surface area contributed by atoms with Gasteiger partial charge in [-0.3, -0.25) is 9.97 Å². The van der Waals surface area contributed by atoms with E-state index in [1.54, 1.807) is 23.7 Å². The maximum atomic E-state index is 5.68. The molecule has 3 aromatic rings. The molecule has 0 spiro atoms. The topological polar surface area (TPSA) is 64.7 Å². The van der Waals surface area contributed by atoms with Crippen molar-refractivity contribution in [3.63, 3.8) is 0 Å². The third kappa shape index (κ3) is 2.45. The van der Waals surface area contributed by atoms with Crippen LogP contribution in [0.4, 0.5) is 0 Å². The number of thiazole rings is 1. The van der Waals surface area contributed by atoms with Gasteiger partial charge in [-0.15, -0.1) is 11.3 Å². The van der Waals surface area contributed by atoms with E-state index >= 15 is 0 Å². The van der Waals surface area contributed by atoms with Gasteiger partial charge in [0.05, 0.1) is 5.69 Å². The minimum absolute atomic E-state index is 0.537. The molecule has 0 amide bonds. The molecular weight excluding hydrogens is 268 g/mol. The van der Waals surface area contributed by atoms with Crippen molar-refractivity contribution < 1.29 is 0 Å². The third-order valence-corrected chi connectivity index (χ3v) is 3.93. The largest absolute Gasteiger partial charge is 0.326 e. The molecular formula is C15H14N4S. The van der Waals surface area contributed by atoms with Crippen molar-refractivity contribution in [2.45, 2.75) is 13.5 Å². The van der Waals surface area contributed by atoms with Crippen LogP contribution in [-0.2, 0) is 6.54 Å². The van der Waals surface area contributed by atoms with Crippen LogP contribution in [0.15, 0.2) is 42.0 Å². The first kappa shape index (κ1) is 12.9. The molecule has 0 bridgehead atoms. The van der Waals surface area contributed by atoms with Crippen molar-refractivity contribution in [1.29, 1.82) is 0 Å². The van der Waals surface area contributed by atoms with Gasteiger partial charge in [0.2, 0.25) is 0 Å². The number of hydrogen-bond acceptors (Lipinski definition) is 5. The Bertz CT molecular complexity index is 736. The molecule has 0 aliphatic rings. The highest BCUT2D eigenvalue weighted by Gasteiger charge is 2.10. The Balaban J connectivity index is 2.00. The molecule has 2 aromatic heterocycles. The maximum absolute atomic E-state index is 5.68. The number of aromatic nitrogens is 3. The lowest BCUT2D eigenvalue weighted by atomic mass is 10.1. The van der Waals surface area contributed by atoms with Crippen molar-refractivity contribution in [2.75, 3.05) is 0 Å². The molecule has 2 N–H and O–H groups in total. The van der Waals surface area contributed by atoms with Crippen LogP contribution in [0.5, 0.6) is 0 Å². The Morgan fingerprint density at radius 1 is 1.20 bits per heavy atom. The van der Waals surface area contributed by atoms with Gasteiger partial charge in [-0.1, -0.05) is 18.2 Å². The number of benzene rings is 1. The Morgan fingerprint density at radius 2 is 2.05 bits per heavy atom. The lowest BCUT2D eigenvalue weighted by Crippen LogP contribution is -1.95. The van der Waals surface area contributed by atoms with Crippen molar-refractivity contribution in [3.8, 4) is 22.0 Å². The second-order valence-electron chi connectivity index (χ2n) is 4.43. The number of hydrogen-bond donors (Lipinski definition) is 1. The number of aryl methyl sites for hydroxylation is 1. The van der Waals surface area contributed by atoms with Gasteiger partial charge in [0.25, 0.3) is 0 Å². The van der Waals surface area contributed by atoms with E-state index < -0.39 is 0 Å². The van der Waals surface area contributed by atoms with Gasteiger partial charge in [0, 0.05) is 29.9 Å². The van der Waals surface area contributed by atoms with E-state index in [2.05, 4.69) is 21.0 Å². The SMILES string of the molecule is Cc1nccnc1-c1csc(-c2cccc(CN)c2)n1. The minimum Gasteiger partial charge on any atom is -0.326 e. The Hall–Kier alpha value is -2.11. The van der Waals surface area contributed by atoms with Gasteiger partial charge in [0.15, 0.2) is 0 Å². The van der Waals surface area contributed by atoms with Crippen molar-refractivity contribution >= 4 is 11.3 Å². The highest BCUT2D eigenvalue weighted by atomic mass is 32.1. The first-order chi connectivity index (χ1) is 9.78. The fraction of sp³-hybridized carbons (Fsp3) is 0.133. The Kier molecular flexibility index (Phi) is 3.54. The molecule has 5 heteroatoms. The smallest absolute Gasteiger partial charge is 0.124 e. The summed E-state index contributed by atoms with van der Waals surface area (Å²) in [7, 11) is 0. The van der Waals surface area contributed by atoms with Gasteiger partial charge in [0.1, 0.15) is 16.4 Å². The van der Waals surface area contributed by atoms with Crippen LogP contribution >= 0.6 is 11.3 Å². The van der Waals surface area contributed by atoms with Crippen LogP contribution in [0.2, 0.25) is 0 Å². The lowest BCUT2D eigenvalue weighted by Gasteiger charge is -2.01. The first-order valence-electron chi connectivity index (χ1n) is 6.31. The highest BCUT2D eigenvalue weighted by Crippen LogP contribution is 2.29. The fourth-order valence-corrected chi connectivity index (χ4v) is 2.81. The van der Waals surface area contributed by atoms with E-state index in [0.29, 0.717) is 6.54 Å². The Labute approximate surface area is 121 Å². The summed E-state index contributed by atoms with van der Waals surface area (Å²) in [6, 6.07) is 8.15. The zero-order chi connectivity index (χ0) is 13.9. The predicted molar refractivity (Wildman–Crippen MR) is 81.2 cm³/mol. The summed E-state index contributed by atoms with van der Waals surface area (Å²) >= 11 is 1.61. The molecule has 0 unspecified atom stereocenters. The molecule has 100 valence electrons. The molecule has 0 saturated carbocycles. The third-order valence-electron chi connectivity index (χ3n) is 3.04. The second-order valence-corrected chi connectivity index (χ2v) is 5.29. The molecule has 0 saturated heterocycles. The van der Waals surface area contributed by atoms with E-state index in [9.17, 15) is 0 Å². The minimum atomic E-state index is 0.537. The van der Waals surface area contributed by atoms with Gasteiger partial charge >= 0.3 is 0 Å². The van der Waals surface area contributed by atoms with Gasteiger partial charge < -0.3 is 5.73 Å². The number of nitrogens with two attached hydrogens (primary N) is 1. The van der Waals surface area contributed by atoms with Crippen LogP contribution in [0.1, 0.15) is 11.3 Å². The summed E-state index contributed by atoms with van der Waals surface area (Å²) in [5, 5.41) is 2.99. The van der Waals surface area contributed by atoms with Crippen LogP contribution in [0.3, 0.4) is 0 Å². The zero-order valence-electron chi connectivity index (χ0n) is 11.1. The summed E-state index contributed by atoms with van der Waals surface area (Å²) in [5.41, 5.74) is 10.5. The van der Waals surface area contributed by atoms with Crippen molar-refractivity contribution in [2.24, 2.45) is 5.73 Å². The van der Waals surface area contributed by atoms with Gasteiger partial charge in [-0.2, -0.15) is 0 Å². The predicted octanol–water partition coefficient (Wildman–Crippen LogP) is 3.03. The molecule has 2 heterocycles. The maximum Gasteiger partial charge on any atom is 0.124 e. The van der Waals surface area contributed by atoms with E-state index in [1.807, 2.05) is 30.5 Å². The van der Waals surface area contributed by atoms with Gasteiger partial charge in [-0.25, -0.2) is 4.98 Å². The highest BCUT2D eigenvalue weighted by molar-refractivity contribution is 7.13. The molecule has 1 aromatic carbocycles. The summed E-state index contributed by atoms with van der Waals surface area (Å²) in [6.07, 6.45) is 3.38. The van der Waals surface area contributed by atoms with E-state index in [4.69, 9.17) is 5.73 Å². The second kappa shape index (κ2) is 5.48. The van der Waals surface area contributed by atoms with E-state index in [1.165, 1.54) is 0 Å². The summed E-state index contributed by atoms with van der Waals surface area (Å²) in [5.74, 6) is 0. The Morgan fingerprint density at radius 3 is 2.85 bits per heavy atom. The number of nitrogens with zero attached hydrogens (tertiary/aromatic N) is 3.